The molecular formula is C15H25O3P. The molecule has 0 aliphatic carbocycles. The van der Waals surface area contributed by atoms with Crippen LogP contribution < -0.4 is 0 Å². The van der Waals surface area contributed by atoms with Gasteiger partial charge < -0.3 is 9.05 Å². The molecule has 1 atom stereocenters. The fourth-order valence-electron chi connectivity index (χ4n) is 1.98. The lowest BCUT2D eigenvalue weighted by Gasteiger charge is -2.25. The fraction of sp³-hybridized carbons (Fsp3) is 0.600. The van der Waals surface area contributed by atoms with Gasteiger partial charge in [-0.2, -0.15) is 0 Å². The number of hydrogen-bond acceptors (Lipinski definition) is 3. The van der Waals surface area contributed by atoms with Gasteiger partial charge in [-0.25, -0.2) is 0 Å². The molecule has 0 radical (unpaired) electrons. The maximum absolute atomic E-state index is 12.8. The van der Waals surface area contributed by atoms with Crippen molar-refractivity contribution in [1.82, 2.24) is 0 Å². The van der Waals surface area contributed by atoms with E-state index >= 15 is 0 Å². The molecule has 0 aliphatic heterocycles. The molecule has 0 N–H and O–H groups in total. The fourth-order valence-corrected chi connectivity index (χ4v) is 4.36. The SMILES string of the molecule is CC(C)OP(=O)(C[C@@H](C)c1ccccc1)OC(C)C. The van der Waals surface area contributed by atoms with Crippen LogP contribution in [0.5, 0.6) is 0 Å². The predicted molar refractivity (Wildman–Crippen MR) is 79.8 cm³/mol. The summed E-state index contributed by atoms with van der Waals surface area (Å²) in [5.74, 6) is 0.143. The summed E-state index contributed by atoms with van der Waals surface area (Å²) in [5.41, 5.74) is 1.16. The summed E-state index contributed by atoms with van der Waals surface area (Å²) in [6.07, 6.45) is 0.202. The van der Waals surface area contributed by atoms with Crippen LogP contribution in [0.15, 0.2) is 30.3 Å². The summed E-state index contributed by atoms with van der Waals surface area (Å²) in [5, 5.41) is 0. The van der Waals surface area contributed by atoms with Gasteiger partial charge in [0.05, 0.1) is 18.4 Å². The summed E-state index contributed by atoms with van der Waals surface area (Å²) in [7, 11) is -3.05. The summed E-state index contributed by atoms with van der Waals surface area (Å²) in [6, 6.07) is 10.0. The van der Waals surface area contributed by atoms with Crippen LogP contribution in [-0.4, -0.2) is 18.4 Å². The smallest absolute Gasteiger partial charge is 0.306 e. The highest BCUT2D eigenvalue weighted by atomic mass is 31.2. The van der Waals surface area contributed by atoms with E-state index in [-0.39, 0.29) is 18.1 Å². The van der Waals surface area contributed by atoms with Crippen molar-refractivity contribution in [3.8, 4) is 0 Å². The van der Waals surface area contributed by atoms with Crippen molar-refractivity contribution in [3.63, 3.8) is 0 Å². The maximum Gasteiger partial charge on any atom is 0.331 e. The Hall–Kier alpha value is -0.630. The third-order valence-electron chi connectivity index (χ3n) is 2.61. The molecule has 0 unspecified atom stereocenters. The van der Waals surface area contributed by atoms with Crippen molar-refractivity contribution in [2.24, 2.45) is 0 Å². The largest absolute Gasteiger partial charge is 0.331 e. The van der Waals surface area contributed by atoms with E-state index < -0.39 is 7.60 Å². The number of hydrogen-bond donors (Lipinski definition) is 0. The van der Waals surface area contributed by atoms with Gasteiger partial charge in [-0.15, -0.1) is 0 Å². The van der Waals surface area contributed by atoms with E-state index in [0.717, 1.165) is 5.56 Å². The Morgan fingerprint density at radius 2 is 1.42 bits per heavy atom. The van der Waals surface area contributed by atoms with E-state index in [1.54, 1.807) is 0 Å². The Balaban J connectivity index is 2.80. The van der Waals surface area contributed by atoms with Gasteiger partial charge in [-0.3, -0.25) is 4.57 Å². The zero-order chi connectivity index (χ0) is 14.5. The zero-order valence-corrected chi connectivity index (χ0v) is 13.4. The average Bonchev–Trinajstić information content (AvgIpc) is 2.27. The van der Waals surface area contributed by atoms with Gasteiger partial charge >= 0.3 is 7.60 Å². The van der Waals surface area contributed by atoms with E-state index in [0.29, 0.717) is 6.16 Å². The highest BCUT2D eigenvalue weighted by Crippen LogP contribution is 2.53. The predicted octanol–water partition coefficient (Wildman–Crippen LogP) is 4.83. The lowest BCUT2D eigenvalue weighted by molar-refractivity contribution is 0.142. The van der Waals surface area contributed by atoms with Crippen molar-refractivity contribution in [2.75, 3.05) is 6.16 Å². The molecule has 0 aromatic heterocycles. The van der Waals surface area contributed by atoms with Crippen LogP contribution in [0.3, 0.4) is 0 Å². The zero-order valence-electron chi connectivity index (χ0n) is 12.5. The first-order valence-corrected chi connectivity index (χ1v) is 8.56. The third-order valence-corrected chi connectivity index (χ3v) is 5.09. The summed E-state index contributed by atoms with van der Waals surface area (Å²) in [4.78, 5) is 0. The molecule has 0 saturated heterocycles. The van der Waals surface area contributed by atoms with E-state index in [1.807, 2.05) is 58.0 Å². The Labute approximate surface area is 116 Å². The minimum absolute atomic E-state index is 0.104. The first-order chi connectivity index (χ1) is 8.82. The molecule has 4 heteroatoms. The number of rotatable bonds is 7. The Morgan fingerprint density at radius 1 is 0.947 bits per heavy atom. The van der Waals surface area contributed by atoms with Gasteiger partial charge in [0.2, 0.25) is 0 Å². The first kappa shape index (κ1) is 16.4. The Bertz CT molecular complexity index is 401. The molecule has 1 aromatic rings. The van der Waals surface area contributed by atoms with E-state index in [4.69, 9.17) is 9.05 Å². The van der Waals surface area contributed by atoms with E-state index in [9.17, 15) is 4.57 Å². The van der Waals surface area contributed by atoms with Crippen molar-refractivity contribution in [3.05, 3.63) is 35.9 Å². The van der Waals surface area contributed by atoms with Gasteiger partial charge in [-0.05, 0) is 39.2 Å². The van der Waals surface area contributed by atoms with Gasteiger partial charge in [0.25, 0.3) is 0 Å². The molecule has 0 saturated carbocycles. The minimum atomic E-state index is -3.05. The molecule has 0 amide bonds. The molecule has 0 aliphatic rings. The van der Waals surface area contributed by atoms with E-state index in [1.165, 1.54) is 0 Å². The third kappa shape index (κ3) is 5.90. The Morgan fingerprint density at radius 3 is 1.84 bits per heavy atom. The Kier molecular flexibility index (Phi) is 6.25. The lowest BCUT2D eigenvalue weighted by Crippen LogP contribution is -2.13. The second-order valence-electron chi connectivity index (χ2n) is 5.41. The van der Waals surface area contributed by atoms with Gasteiger partial charge in [0, 0.05) is 0 Å². The van der Waals surface area contributed by atoms with Crippen molar-refractivity contribution < 1.29 is 13.6 Å². The molecule has 108 valence electrons. The standard InChI is InChI=1S/C15H25O3P/c1-12(2)17-19(16,18-13(3)4)11-14(5)15-9-7-6-8-10-15/h6-10,12-14H,11H2,1-5H3/t14-/m1/s1. The average molecular weight is 284 g/mol. The molecule has 0 spiro atoms. The van der Waals surface area contributed by atoms with Crippen LogP contribution in [0.25, 0.3) is 0 Å². The lowest BCUT2D eigenvalue weighted by atomic mass is 10.0. The molecule has 0 heterocycles. The molecule has 3 nitrogen and oxygen atoms in total. The highest BCUT2D eigenvalue weighted by Gasteiger charge is 2.30. The van der Waals surface area contributed by atoms with Crippen molar-refractivity contribution in [2.45, 2.75) is 52.7 Å². The van der Waals surface area contributed by atoms with Crippen LogP contribution in [0.2, 0.25) is 0 Å². The van der Waals surface area contributed by atoms with Gasteiger partial charge in [0.1, 0.15) is 0 Å². The molecule has 1 rings (SSSR count). The normalized spacial score (nSPS) is 14.1. The van der Waals surface area contributed by atoms with Crippen LogP contribution in [0.1, 0.15) is 46.1 Å². The van der Waals surface area contributed by atoms with E-state index in [2.05, 4.69) is 6.92 Å². The molecule has 1 aromatic carbocycles. The topological polar surface area (TPSA) is 35.5 Å². The molecule has 0 bridgehead atoms. The van der Waals surface area contributed by atoms with Gasteiger partial charge in [-0.1, -0.05) is 37.3 Å². The highest BCUT2D eigenvalue weighted by molar-refractivity contribution is 7.53. The summed E-state index contributed by atoms with van der Waals surface area (Å²) in [6.45, 7) is 9.56. The quantitative estimate of drug-likeness (QED) is 0.672. The van der Waals surface area contributed by atoms with Crippen LogP contribution in [-0.2, 0) is 13.6 Å². The monoisotopic (exact) mass is 284 g/mol. The summed E-state index contributed by atoms with van der Waals surface area (Å²) >= 11 is 0. The second-order valence-corrected chi connectivity index (χ2v) is 7.42. The van der Waals surface area contributed by atoms with Gasteiger partial charge in [0.15, 0.2) is 0 Å². The maximum atomic E-state index is 12.8. The van der Waals surface area contributed by atoms with Crippen LogP contribution in [0.4, 0.5) is 0 Å². The minimum Gasteiger partial charge on any atom is -0.306 e. The van der Waals surface area contributed by atoms with Crippen molar-refractivity contribution >= 4 is 7.60 Å². The molecule has 0 fully saturated rings. The number of benzene rings is 1. The van der Waals surface area contributed by atoms with Crippen LogP contribution >= 0.6 is 7.60 Å². The molecular weight excluding hydrogens is 259 g/mol. The second kappa shape index (κ2) is 7.23. The van der Waals surface area contributed by atoms with Crippen molar-refractivity contribution in [1.29, 1.82) is 0 Å². The van der Waals surface area contributed by atoms with Crippen LogP contribution in [0, 0.1) is 0 Å². The molecule has 19 heavy (non-hydrogen) atoms. The first-order valence-electron chi connectivity index (χ1n) is 6.83. The summed E-state index contributed by atoms with van der Waals surface area (Å²) < 4.78 is 23.9.